The summed E-state index contributed by atoms with van der Waals surface area (Å²) in [6.07, 6.45) is 0. The molecule has 2 N–H and O–H groups in total. The summed E-state index contributed by atoms with van der Waals surface area (Å²) in [5, 5.41) is 15.8. The number of benzene rings is 2. The fourth-order valence-electron chi connectivity index (χ4n) is 2.88. The van der Waals surface area contributed by atoms with Crippen LogP contribution in [-0.2, 0) is 5.41 Å². The lowest BCUT2D eigenvalue weighted by atomic mass is 9.86. The van der Waals surface area contributed by atoms with Crippen LogP contribution in [0.2, 0.25) is 0 Å². The molecule has 0 unspecified atom stereocenters. The van der Waals surface area contributed by atoms with Crippen LogP contribution in [0.4, 0.5) is 23.1 Å². The molecular formula is C22H23N5. The summed E-state index contributed by atoms with van der Waals surface area (Å²) in [6.45, 7) is 8.45. The average Bonchev–Trinajstić information content (AvgIpc) is 2.61. The van der Waals surface area contributed by atoms with E-state index >= 15 is 0 Å². The first-order chi connectivity index (χ1) is 12.9. The minimum atomic E-state index is 0.000232. The van der Waals surface area contributed by atoms with Gasteiger partial charge in [-0.3, -0.25) is 0 Å². The van der Waals surface area contributed by atoms with Gasteiger partial charge in [0.05, 0.1) is 11.3 Å². The maximum absolute atomic E-state index is 9.27. The van der Waals surface area contributed by atoms with Crippen molar-refractivity contribution in [3.63, 3.8) is 0 Å². The fraction of sp³-hybridized carbons (Fsp3) is 0.227. The van der Waals surface area contributed by atoms with Gasteiger partial charge in [-0.25, -0.2) is 4.98 Å². The van der Waals surface area contributed by atoms with Crippen LogP contribution < -0.4 is 10.6 Å². The molecule has 27 heavy (non-hydrogen) atoms. The molecule has 0 aliphatic rings. The third-order valence-electron chi connectivity index (χ3n) is 4.15. The molecule has 136 valence electrons. The van der Waals surface area contributed by atoms with Crippen LogP contribution >= 0.6 is 0 Å². The van der Waals surface area contributed by atoms with Gasteiger partial charge in [0.25, 0.3) is 0 Å². The van der Waals surface area contributed by atoms with Gasteiger partial charge < -0.3 is 10.6 Å². The van der Waals surface area contributed by atoms with Crippen LogP contribution in [0.3, 0.4) is 0 Å². The third kappa shape index (κ3) is 4.42. The molecule has 1 heterocycles. The average molecular weight is 357 g/mol. The van der Waals surface area contributed by atoms with Crippen molar-refractivity contribution < 1.29 is 0 Å². The van der Waals surface area contributed by atoms with Crippen LogP contribution in [0.15, 0.2) is 54.6 Å². The first-order valence-corrected chi connectivity index (χ1v) is 8.85. The van der Waals surface area contributed by atoms with Crippen molar-refractivity contribution >= 4 is 23.1 Å². The van der Waals surface area contributed by atoms with E-state index < -0.39 is 0 Å². The van der Waals surface area contributed by atoms with E-state index in [0.717, 1.165) is 17.1 Å². The van der Waals surface area contributed by atoms with E-state index in [9.17, 15) is 5.26 Å². The first kappa shape index (κ1) is 18.4. The molecule has 0 amide bonds. The summed E-state index contributed by atoms with van der Waals surface area (Å²) in [6, 6.07) is 19.6. The molecular weight excluding hydrogens is 334 g/mol. The number of hydrogen-bond donors (Lipinski definition) is 2. The van der Waals surface area contributed by atoms with Gasteiger partial charge >= 0.3 is 0 Å². The zero-order valence-corrected chi connectivity index (χ0v) is 16.0. The van der Waals surface area contributed by atoms with Crippen LogP contribution in [0.5, 0.6) is 0 Å². The van der Waals surface area contributed by atoms with E-state index in [1.165, 1.54) is 5.56 Å². The number of nitrogens with zero attached hydrogens (tertiary/aromatic N) is 3. The summed E-state index contributed by atoms with van der Waals surface area (Å²) in [7, 11) is 0. The van der Waals surface area contributed by atoms with Crippen molar-refractivity contribution in [1.29, 1.82) is 5.26 Å². The molecule has 1 aromatic heterocycles. The molecule has 0 radical (unpaired) electrons. The number of anilines is 4. The molecule has 2 aromatic carbocycles. The SMILES string of the molecule is Cc1cc(Nc2ccccc2C#N)nc(Nc2ccccc2C(C)(C)C)n1. The van der Waals surface area contributed by atoms with Gasteiger partial charge in [0.15, 0.2) is 0 Å². The van der Waals surface area contributed by atoms with E-state index in [4.69, 9.17) is 0 Å². The predicted octanol–water partition coefficient (Wildman–Crippen LogP) is 5.44. The lowest BCUT2D eigenvalue weighted by Crippen LogP contribution is -2.14. The van der Waals surface area contributed by atoms with E-state index in [1.54, 1.807) is 6.07 Å². The smallest absolute Gasteiger partial charge is 0.229 e. The van der Waals surface area contributed by atoms with Gasteiger partial charge in [-0.15, -0.1) is 0 Å². The predicted molar refractivity (Wildman–Crippen MR) is 110 cm³/mol. The fourth-order valence-corrected chi connectivity index (χ4v) is 2.88. The normalized spacial score (nSPS) is 10.9. The third-order valence-corrected chi connectivity index (χ3v) is 4.15. The molecule has 0 bridgehead atoms. The number of hydrogen-bond acceptors (Lipinski definition) is 5. The van der Waals surface area contributed by atoms with Gasteiger partial charge in [-0.1, -0.05) is 51.1 Å². The molecule has 0 aliphatic carbocycles. The van der Waals surface area contributed by atoms with Gasteiger partial charge in [-0.05, 0) is 36.1 Å². The van der Waals surface area contributed by atoms with E-state index in [2.05, 4.69) is 53.5 Å². The summed E-state index contributed by atoms with van der Waals surface area (Å²) >= 11 is 0. The minimum Gasteiger partial charge on any atom is -0.339 e. The Labute approximate surface area is 160 Å². The summed E-state index contributed by atoms with van der Waals surface area (Å²) in [4.78, 5) is 9.09. The van der Waals surface area contributed by atoms with Gasteiger partial charge in [-0.2, -0.15) is 10.2 Å². The van der Waals surface area contributed by atoms with Gasteiger partial charge in [0, 0.05) is 17.4 Å². The highest BCUT2D eigenvalue weighted by Gasteiger charge is 2.18. The van der Waals surface area contributed by atoms with Crippen molar-refractivity contribution in [2.24, 2.45) is 0 Å². The Balaban J connectivity index is 1.92. The number of nitriles is 1. The number of rotatable bonds is 4. The number of nitrogens with one attached hydrogen (secondary N) is 2. The van der Waals surface area contributed by atoms with Crippen molar-refractivity contribution in [3.8, 4) is 6.07 Å². The molecule has 0 fully saturated rings. The van der Waals surface area contributed by atoms with Gasteiger partial charge in [0.1, 0.15) is 11.9 Å². The van der Waals surface area contributed by atoms with Gasteiger partial charge in [0.2, 0.25) is 5.95 Å². The van der Waals surface area contributed by atoms with E-state index in [1.807, 2.05) is 49.4 Å². The van der Waals surface area contributed by atoms with Crippen molar-refractivity contribution in [3.05, 3.63) is 71.4 Å². The standard InChI is InChI=1S/C22H23N5/c1-15-13-20(25-18-11-7-5-9-16(18)14-23)27-21(24-15)26-19-12-8-6-10-17(19)22(2,3)4/h5-13H,1-4H3,(H2,24,25,26,27). The maximum Gasteiger partial charge on any atom is 0.229 e. The summed E-state index contributed by atoms with van der Waals surface area (Å²) < 4.78 is 0. The second-order valence-electron chi connectivity index (χ2n) is 7.42. The number of aryl methyl sites for hydroxylation is 1. The van der Waals surface area contributed by atoms with E-state index in [0.29, 0.717) is 17.3 Å². The topological polar surface area (TPSA) is 73.6 Å². The van der Waals surface area contributed by atoms with Crippen molar-refractivity contribution in [2.45, 2.75) is 33.1 Å². The van der Waals surface area contributed by atoms with Crippen molar-refractivity contribution in [1.82, 2.24) is 9.97 Å². The molecule has 5 heteroatoms. The largest absolute Gasteiger partial charge is 0.339 e. The number of aromatic nitrogens is 2. The zero-order chi connectivity index (χ0) is 19.4. The maximum atomic E-state index is 9.27. The van der Waals surface area contributed by atoms with Crippen LogP contribution in [-0.4, -0.2) is 9.97 Å². The monoisotopic (exact) mass is 357 g/mol. The Hall–Kier alpha value is -3.39. The Kier molecular flexibility index (Phi) is 5.09. The number of para-hydroxylation sites is 2. The van der Waals surface area contributed by atoms with Crippen LogP contribution in [0.1, 0.15) is 37.6 Å². The quantitative estimate of drug-likeness (QED) is 0.650. The van der Waals surface area contributed by atoms with Crippen molar-refractivity contribution in [2.75, 3.05) is 10.6 Å². The molecule has 5 nitrogen and oxygen atoms in total. The zero-order valence-electron chi connectivity index (χ0n) is 16.0. The molecule has 0 aliphatic heterocycles. The summed E-state index contributed by atoms with van der Waals surface area (Å²) in [5.74, 6) is 1.16. The second-order valence-corrected chi connectivity index (χ2v) is 7.42. The Bertz CT molecular complexity index is 996. The van der Waals surface area contributed by atoms with E-state index in [-0.39, 0.29) is 5.41 Å². The summed E-state index contributed by atoms with van der Waals surface area (Å²) in [5.41, 5.74) is 4.30. The molecule has 3 rings (SSSR count). The lowest BCUT2D eigenvalue weighted by Gasteiger charge is -2.23. The second kappa shape index (κ2) is 7.46. The Morgan fingerprint density at radius 2 is 1.56 bits per heavy atom. The Morgan fingerprint density at radius 1 is 0.889 bits per heavy atom. The van der Waals surface area contributed by atoms with Crippen LogP contribution in [0.25, 0.3) is 0 Å². The van der Waals surface area contributed by atoms with Crippen LogP contribution in [0, 0.1) is 18.3 Å². The molecule has 0 spiro atoms. The highest BCUT2D eigenvalue weighted by Crippen LogP contribution is 2.31. The Morgan fingerprint density at radius 3 is 2.26 bits per heavy atom. The highest BCUT2D eigenvalue weighted by molar-refractivity contribution is 5.66. The first-order valence-electron chi connectivity index (χ1n) is 8.85. The molecule has 0 atom stereocenters. The highest BCUT2D eigenvalue weighted by atomic mass is 15.1. The molecule has 0 saturated carbocycles. The molecule has 0 saturated heterocycles. The minimum absolute atomic E-state index is 0.000232. The molecule has 3 aromatic rings. The lowest BCUT2D eigenvalue weighted by molar-refractivity contribution is 0.592.